The number of hydrogen-bond acceptors (Lipinski definition) is 4. The molecule has 0 unspecified atom stereocenters. The fraction of sp³-hybridized carbons (Fsp3) is 0.583. The van der Waals surface area contributed by atoms with Crippen LogP contribution < -0.4 is 0 Å². The Bertz CT molecular complexity index is 385. The predicted octanol–water partition coefficient (Wildman–Crippen LogP) is 2.10. The van der Waals surface area contributed by atoms with Crippen molar-refractivity contribution in [2.45, 2.75) is 44.9 Å². The Labute approximate surface area is 101 Å². The van der Waals surface area contributed by atoms with Crippen molar-refractivity contribution < 1.29 is 5.21 Å². The van der Waals surface area contributed by atoms with Gasteiger partial charge in [-0.15, -0.1) is 10.3 Å². The highest BCUT2D eigenvalue weighted by Crippen LogP contribution is 2.47. The summed E-state index contributed by atoms with van der Waals surface area (Å²) < 4.78 is 0. The lowest BCUT2D eigenvalue weighted by Crippen LogP contribution is -2.51. The molecule has 0 aromatic carbocycles. The summed E-state index contributed by atoms with van der Waals surface area (Å²) in [5.41, 5.74) is -1.01. The lowest BCUT2D eigenvalue weighted by Gasteiger charge is -2.44. The first-order chi connectivity index (χ1) is 7.80. The average molecular weight is 235 g/mol. The molecule has 5 nitrogen and oxygen atoms in total. The molecule has 0 amide bonds. The van der Waals surface area contributed by atoms with E-state index in [9.17, 15) is 10.4 Å². The quantitative estimate of drug-likeness (QED) is 0.747. The van der Waals surface area contributed by atoms with Crippen molar-refractivity contribution in [3.63, 3.8) is 0 Å². The highest BCUT2D eigenvalue weighted by molar-refractivity contribution is 5.17. The summed E-state index contributed by atoms with van der Waals surface area (Å²) in [6.45, 7) is 7.14. The molecule has 1 aromatic rings. The van der Waals surface area contributed by atoms with E-state index in [-0.39, 0.29) is 0 Å². The third-order valence-corrected chi connectivity index (χ3v) is 4.00. The summed E-state index contributed by atoms with van der Waals surface area (Å²) in [6.07, 6.45) is 0.733. The molecule has 1 aliphatic rings. The Hall–Kier alpha value is -1.01. The van der Waals surface area contributed by atoms with E-state index in [0.717, 1.165) is 10.1 Å². The highest BCUT2D eigenvalue weighted by atomic mass is 16.6. The van der Waals surface area contributed by atoms with E-state index in [0.29, 0.717) is 5.69 Å². The smallest absolute Gasteiger partial charge is 0.122 e. The number of rotatable bonds is 1. The standard InChI is InChI=1S/C12H17N3O2/c1-11(2)12(3,4)15(17)10(14(11)16)9-7-5-6-8-13-9/h5-8,10H,1-4H3/q-1. The van der Waals surface area contributed by atoms with Crippen molar-refractivity contribution in [3.05, 3.63) is 35.3 Å². The second-order valence-corrected chi connectivity index (χ2v) is 5.40. The first kappa shape index (κ1) is 12.4. The zero-order valence-corrected chi connectivity index (χ0v) is 10.5. The minimum Gasteiger partial charge on any atom is -0.783 e. The van der Waals surface area contributed by atoms with Crippen molar-refractivity contribution in [2.24, 2.45) is 0 Å². The lowest BCUT2D eigenvalue weighted by molar-refractivity contribution is -0.232. The molecule has 0 N–H and O–H groups in total. The zero-order valence-electron chi connectivity index (χ0n) is 10.5. The first-order valence-corrected chi connectivity index (χ1v) is 5.64. The number of aromatic nitrogens is 1. The second-order valence-electron chi connectivity index (χ2n) is 5.40. The molecule has 2 rings (SSSR count). The van der Waals surface area contributed by atoms with Crippen LogP contribution in [0.2, 0.25) is 0 Å². The summed E-state index contributed by atoms with van der Waals surface area (Å²) in [5.74, 6) is 0. The van der Waals surface area contributed by atoms with E-state index in [4.69, 9.17) is 0 Å². The topological polar surface area (TPSA) is 62.3 Å². The molecule has 2 heterocycles. The largest absolute Gasteiger partial charge is 0.783 e. The molecule has 93 valence electrons. The van der Waals surface area contributed by atoms with Gasteiger partial charge in [-0.1, -0.05) is 6.07 Å². The molecule has 0 saturated carbocycles. The van der Waals surface area contributed by atoms with Crippen LogP contribution in [0.4, 0.5) is 0 Å². The Balaban J connectivity index is 2.45. The zero-order chi connectivity index (χ0) is 12.8. The van der Waals surface area contributed by atoms with E-state index in [1.807, 2.05) is 0 Å². The van der Waals surface area contributed by atoms with Crippen LogP contribution in [0.3, 0.4) is 0 Å². The predicted molar refractivity (Wildman–Crippen MR) is 62.9 cm³/mol. The van der Waals surface area contributed by atoms with Gasteiger partial charge in [0.1, 0.15) is 6.17 Å². The maximum atomic E-state index is 12.3. The highest BCUT2D eigenvalue weighted by Gasteiger charge is 2.55. The van der Waals surface area contributed by atoms with E-state index in [1.54, 1.807) is 52.1 Å². The van der Waals surface area contributed by atoms with Gasteiger partial charge in [-0.3, -0.25) is 4.98 Å². The lowest BCUT2D eigenvalue weighted by atomic mass is 9.84. The Morgan fingerprint density at radius 2 is 1.88 bits per heavy atom. The van der Waals surface area contributed by atoms with Crippen LogP contribution in [0.5, 0.6) is 0 Å². The Morgan fingerprint density at radius 1 is 1.24 bits per heavy atom. The summed E-state index contributed by atoms with van der Waals surface area (Å²) in [7, 11) is 0. The van der Waals surface area contributed by atoms with Gasteiger partial charge in [0.25, 0.3) is 0 Å². The van der Waals surface area contributed by atoms with Crippen LogP contribution in [-0.4, -0.2) is 26.2 Å². The van der Waals surface area contributed by atoms with Crippen LogP contribution in [0.1, 0.15) is 39.6 Å². The monoisotopic (exact) mass is 235 g/mol. The fourth-order valence-electron chi connectivity index (χ4n) is 2.01. The van der Waals surface area contributed by atoms with Crippen molar-refractivity contribution in [3.8, 4) is 0 Å². The van der Waals surface area contributed by atoms with Gasteiger partial charge in [-0.2, -0.15) is 0 Å². The van der Waals surface area contributed by atoms with Crippen LogP contribution in [0, 0.1) is 5.21 Å². The van der Waals surface area contributed by atoms with Gasteiger partial charge in [0, 0.05) is 11.7 Å². The molecule has 0 atom stereocenters. The first-order valence-electron chi connectivity index (χ1n) is 5.64. The van der Waals surface area contributed by atoms with E-state index in [1.165, 1.54) is 0 Å². The van der Waals surface area contributed by atoms with E-state index < -0.39 is 17.2 Å². The van der Waals surface area contributed by atoms with Crippen LogP contribution >= 0.6 is 0 Å². The molecule has 1 radical (unpaired) electrons. The second kappa shape index (κ2) is 3.74. The van der Waals surface area contributed by atoms with Crippen molar-refractivity contribution in [1.82, 2.24) is 15.1 Å². The molecule has 1 fully saturated rings. The van der Waals surface area contributed by atoms with Crippen LogP contribution in [0.25, 0.3) is 0 Å². The summed E-state index contributed by atoms with van der Waals surface area (Å²) in [4.78, 5) is 4.11. The molecule has 0 aliphatic carbocycles. The SMILES string of the molecule is CC1(C)N([O])C(c2ccccn2)N([O-])C1(C)C. The minimum absolute atomic E-state index is 0.496. The maximum Gasteiger partial charge on any atom is 0.122 e. The van der Waals surface area contributed by atoms with Crippen molar-refractivity contribution in [2.75, 3.05) is 0 Å². The van der Waals surface area contributed by atoms with Crippen molar-refractivity contribution in [1.29, 1.82) is 0 Å². The minimum atomic E-state index is -0.860. The molecule has 1 saturated heterocycles. The Morgan fingerprint density at radius 3 is 2.29 bits per heavy atom. The van der Waals surface area contributed by atoms with E-state index >= 15 is 0 Å². The Kier molecular flexibility index (Phi) is 2.74. The van der Waals surface area contributed by atoms with Crippen LogP contribution in [-0.2, 0) is 5.21 Å². The van der Waals surface area contributed by atoms with Gasteiger partial charge in [-0.05, 0) is 39.8 Å². The maximum absolute atomic E-state index is 12.3. The third-order valence-electron chi connectivity index (χ3n) is 4.00. The number of pyridine rings is 1. The molecular formula is C12H17N3O2-. The molecule has 1 aliphatic heterocycles. The molecule has 17 heavy (non-hydrogen) atoms. The van der Waals surface area contributed by atoms with Gasteiger partial charge < -0.3 is 10.3 Å². The number of nitrogens with zero attached hydrogens (tertiary/aromatic N) is 3. The van der Waals surface area contributed by atoms with Gasteiger partial charge in [-0.25, -0.2) is 0 Å². The van der Waals surface area contributed by atoms with Gasteiger partial charge in [0.2, 0.25) is 0 Å². The normalized spacial score (nSPS) is 28.5. The molecule has 1 aromatic heterocycles. The number of hydrogen-bond donors (Lipinski definition) is 0. The average Bonchev–Trinajstić information content (AvgIpc) is 2.40. The van der Waals surface area contributed by atoms with Gasteiger partial charge >= 0.3 is 0 Å². The summed E-state index contributed by atoms with van der Waals surface area (Å²) in [5, 5.41) is 26.3. The molecule has 0 bridgehead atoms. The van der Waals surface area contributed by atoms with Gasteiger partial charge in [0.15, 0.2) is 0 Å². The fourth-order valence-corrected chi connectivity index (χ4v) is 2.01. The van der Waals surface area contributed by atoms with Crippen molar-refractivity contribution >= 4 is 0 Å². The number of hydroxylamine groups is 4. The summed E-state index contributed by atoms with van der Waals surface area (Å²) >= 11 is 0. The van der Waals surface area contributed by atoms with Gasteiger partial charge in [0.05, 0.1) is 11.2 Å². The molecule has 0 spiro atoms. The van der Waals surface area contributed by atoms with E-state index in [2.05, 4.69) is 4.98 Å². The summed E-state index contributed by atoms with van der Waals surface area (Å²) in [6, 6.07) is 5.25. The third kappa shape index (κ3) is 1.58. The molecule has 5 heteroatoms. The molecular weight excluding hydrogens is 218 g/mol. The van der Waals surface area contributed by atoms with Crippen LogP contribution in [0.15, 0.2) is 24.4 Å².